The van der Waals surface area contributed by atoms with Crippen LogP contribution in [0.2, 0.25) is 0 Å². The van der Waals surface area contributed by atoms with E-state index in [1.165, 1.54) is 11.8 Å². The van der Waals surface area contributed by atoms with E-state index in [1.54, 1.807) is 13.3 Å². The lowest BCUT2D eigenvalue weighted by molar-refractivity contribution is -0.124. The van der Waals surface area contributed by atoms with Gasteiger partial charge in [-0.3, -0.25) is 14.6 Å². The highest BCUT2D eigenvalue weighted by atomic mass is 32.2. The molecule has 136 valence electrons. The number of anilines is 1. The summed E-state index contributed by atoms with van der Waals surface area (Å²) in [6.45, 7) is 4.15. The van der Waals surface area contributed by atoms with E-state index < -0.39 is 5.25 Å². The number of rotatable bonds is 5. The zero-order valence-electron chi connectivity index (χ0n) is 15.0. The van der Waals surface area contributed by atoms with Gasteiger partial charge in [0.1, 0.15) is 5.75 Å². The zero-order valence-corrected chi connectivity index (χ0v) is 15.8. The van der Waals surface area contributed by atoms with Crippen molar-refractivity contribution in [1.82, 2.24) is 10.3 Å². The molecule has 7 heteroatoms. The second kappa shape index (κ2) is 7.78. The number of fused-ring (bicyclic) bond motifs is 1. The summed E-state index contributed by atoms with van der Waals surface area (Å²) in [6, 6.07) is 7.59. The third-order valence-electron chi connectivity index (χ3n) is 4.28. The SMILES string of the molecule is COc1c(C)cnc(CNC(=O)C[C@@H]2Sc3ccccc3NC2=O)c1C. The maximum atomic E-state index is 12.3. The number of pyridine rings is 1. The number of hydrogen-bond donors (Lipinski definition) is 2. The largest absolute Gasteiger partial charge is 0.496 e. The molecule has 0 saturated carbocycles. The van der Waals surface area contributed by atoms with Crippen molar-refractivity contribution in [3.8, 4) is 5.75 Å². The van der Waals surface area contributed by atoms with Crippen LogP contribution >= 0.6 is 11.8 Å². The Morgan fingerprint density at radius 1 is 1.35 bits per heavy atom. The summed E-state index contributed by atoms with van der Waals surface area (Å²) in [5.74, 6) is 0.455. The number of ether oxygens (including phenoxy) is 1. The van der Waals surface area contributed by atoms with Gasteiger partial charge in [-0.25, -0.2) is 0 Å². The van der Waals surface area contributed by atoms with Gasteiger partial charge in [-0.1, -0.05) is 12.1 Å². The molecule has 0 saturated heterocycles. The number of thioether (sulfide) groups is 1. The lowest BCUT2D eigenvalue weighted by Gasteiger charge is -2.23. The molecular weight excluding hydrogens is 350 g/mol. The lowest BCUT2D eigenvalue weighted by Crippen LogP contribution is -2.34. The molecule has 26 heavy (non-hydrogen) atoms. The summed E-state index contributed by atoms with van der Waals surface area (Å²) in [7, 11) is 1.62. The Balaban J connectivity index is 1.61. The second-order valence-electron chi connectivity index (χ2n) is 6.12. The van der Waals surface area contributed by atoms with Crippen LogP contribution in [0.5, 0.6) is 5.75 Å². The average Bonchev–Trinajstić information content (AvgIpc) is 2.62. The quantitative estimate of drug-likeness (QED) is 0.845. The van der Waals surface area contributed by atoms with Crippen molar-refractivity contribution in [3.05, 3.63) is 47.3 Å². The number of nitrogens with zero attached hydrogens (tertiary/aromatic N) is 1. The highest BCUT2D eigenvalue weighted by molar-refractivity contribution is 8.01. The van der Waals surface area contributed by atoms with Crippen molar-refractivity contribution < 1.29 is 14.3 Å². The van der Waals surface area contributed by atoms with Crippen LogP contribution in [-0.4, -0.2) is 29.2 Å². The van der Waals surface area contributed by atoms with E-state index in [1.807, 2.05) is 38.1 Å². The van der Waals surface area contributed by atoms with Crippen LogP contribution in [0.25, 0.3) is 0 Å². The zero-order chi connectivity index (χ0) is 18.7. The van der Waals surface area contributed by atoms with E-state index in [0.29, 0.717) is 6.54 Å². The molecule has 2 aromatic rings. The third-order valence-corrected chi connectivity index (χ3v) is 5.56. The Morgan fingerprint density at radius 2 is 2.12 bits per heavy atom. The van der Waals surface area contributed by atoms with Crippen molar-refractivity contribution >= 4 is 29.3 Å². The van der Waals surface area contributed by atoms with Gasteiger partial charge in [-0.2, -0.15) is 0 Å². The van der Waals surface area contributed by atoms with E-state index in [9.17, 15) is 9.59 Å². The van der Waals surface area contributed by atoms with E-state index in [-0.39, 0.29) is 18.2 Å². The Labute approximate surface area is 156 Å². The maximum absolute atomic E-state index is 12.3. The summed E-state index contributed by atoms with van der Waals surface area (Å²) >= 11 is 1.42. The van der Waals surface area contributed by atoms with Gasteiger partial charge in [0.15, 0.2) is 0 Å². The minimum Gasteiger partial charge on any atom is -0.496 e. The van der Waals surface area contributed by atoms with Crippen LogP contribution < -0.4 is 15.4 Å². The van der Waals surface area contributed by atoms with Crippen LogP contribution in [0.15, 0.2) is 35.4 Å². The summed E-state index contributed by atoms with van der Waals surface area (Å²) in [4.78, 5) is 29.9. The first-order chi connectivity index (χ1) is 12.5. The summed E-state index contributed by atoms with van der Waals surface area (Å²) in [6.07, 6.45) is 1.85. The maximum Gasteiger partial charge on any atom is 0.238 e. The molecule has 1 aliphatic heterocycles. The molecule has 0 spiro atoms. The Morgan fingerprint density at radius 3 is 2.88 bits per heavy atom. The Bertz CT molecular complexity index is 854. The van der Waals surface area contributed by atoms with Crippen molar-refractivity contribution in [3.63, 3.8) is 0 Å². The molecule has 2 heterocycles. The number of aromatic nitrogens is 1. The number of amides is 2. The summed E-state index contributed by atoms with van der Waals surface area (Å²) in [5, 5.41) is 5.26. The van der Waals surface area contributed by atoms with Crippen molar-refractivity contribution in [2.24, 2.45) is 0 Å². The van der Waals surface area contributed by atoms with E-state index in [2.05, 4.69) is 15.6 Å². The molecule has 3 rings (SSSR count). The molecule has 0 unspecified atom stereocenters. The van der Waals surface area contributed by atoms with Gasteiger partial charge in [0.25, 0.3) is 0 Å². The van der Waals surface area contributed by atoms with Gasteiger partial charge in [-0.05, 0) is 26.0 Å². The fraction of sp³-hybridized carbons (Fsp3) is 0.316. The van der Waals surface area contributed by atoms with Crippen molar-refractivity contribution in [2.75, 3.05) is 12.4 Å². The van der Waals surface area contributed by atoms with E-state index in [0.717, 1.165) is 33.2 Å². The van der Waals surface area contributed by atoms with Gasteiger partial charge in [-0.15, -0.1) is 11.8 Å². The number of carbonyl (C=O) groups excluding carboxylic acids is 2. The van der Waals surface area contributed by atoms with Crippen LogP contribution in [0, 0.1) is 13.8 Å². The number of para-hydroxylation sites is 1. The molecule has 0 radical (unpaired) electrons. The number of hydrogen-bond acceptors (Lipinski definition) is 5. The highest BCUT2D eigenvalue weighted by Gasteiger charge is 2.28. The molecular formula is C19H21N3O3S. The molecule has 6 nitrogen and oxygen atoms in total. The van der Waals surface area contributed by atoms with Gasteiger partial charge in [0.05, 0.1) is 30.3 Å². The minimum atomic E-state index is -0.438. The molecule has 1 aromatic heterocycles. The number of methoxy groups -OCH3 is 1. The van der Waals surface area contributed by atoms with Crippen LogP contribution in [-0.2, 0) is 16.1 Å². The number of benzene rings is 1. The Kier molecular flexibility index (Phi) is 5.46. The molecule has 0 fully saturated rings. The third kappa shape index (κ3) is 3.83. The van der Waals surface area contributed by atoms with Crippen LogP contribution in [0.4, 0.5) is 5.69 Å². The number of carbonyl (C=O) groups is 2. The molecule has 1 atom stereocenters. The van der Waals surface area contributed by atoms with E-state index in [4.69, 9.17) is 4.74 Å². The predicted molar refractivity (Wildman–Crippen MR) is 101 cm³/mol. The van der Waals surface area contributed by atoms with Gasteiger partial charge >= 0.3 is 0 Å². The fourth-order valence-electron chi connectivity index (χ4n) is 2.90. The molecule has 1 aliphatic rings. The Hall–Kier alpha value is -2.54. The minimum absolute atomic E-state index is 0.118. The second-order valence-corrected chi connectivity index (χ2v) is 7.36. The standard InChI is InChI=1S/C19H21N3O3S/c1-11-9-20-14(12(2)18(11)25-3)10-21-17(23)8-16-19(24)22-13-6-4-5-7-15(13)26-16/h4-7,9,16H,8,10H2,1-3H3,(H,21,23)(H,22,24)/t16-/m0/s1. The molecule has 2 amide bonds. The topological polar surface area (TPSA) is 80.3 Å². The molecule has 2 N–H and O–H groups in total. The smallest absolute Gasteiger partial charge is 0.238 e. The first-order valence-corrected chi connectivity index (χ1v) is 9.20. The highest BCUT2D eigenvalue weighted by Crippen LogP contribution is 2.36. The van der Waals surface area contributed by atoms with Gasteiger partial charge in [0, 0.05) is 28.6 Å². The van der Waals surface area contributed by atoms with Crippen LogP contribution in [0.1, 0.15) is 23.2 Å². The predicted octanol–water partition coefficient (Wildman–Crippen LogP) is 2.83. The first-order valence-electron chi connectivity index (χ1n) is 8.32. The lowest BCUT2D eigenvalue weighted by atomic mass is 10.1. The van der Waals surface area contributed by atoms with Crippen LogP contribution in [0.3, 0.4) is 0 Å². The average molecular weight is 371 g/mol. The van der Waals surface area contributed by atoms with Gasteiger partial charge in [0.2, 0.25) is 11.8 Å². The summed E-state index contributed by atoms with van der Waals surface area (Å²) in [5.41, 5.74) is 3.41. The normalized spacial score (nSPS) is 15.8. The van der Waals surface area contributed by atoms with E-state index >= 15 is 0 Å². The first kappa shape index (κ1) is 18.3. The summed E-state index contributed by atoms with van der Waals surface area (Å²) < 4.78 is 5.38. The monoisotopic (exact) mass is 371 g/mol. The molecule has 1 aromatic carbocycles. The van der Waals surface area contributed by atoms with Crippen molar-refractivity contribution in [1.29, 1.82) is 0 Å². The molecule has 0 bridgehead atoms. The molecule has 0 aliphatic carbocycles. The number of nitrogens with one attached hydrogen (secondary N) is 2. The fourth-order valence-corrected chi connectivity index (χ4v) is 4.01. The number of aryl methyl sites for hydroxylation is 1. The van der Waals surface area contributed by atoms with Crippen molar-refractivity contribution in [2.45, 2.75) is 37.0 Å². The van der Waals surface area contributed by atoms with Gasteiger partial charge < -0.3 is 15.4 Å².